The maximum Gasteiger partial charge on any atom is 0.313 e. The van der Waals surface area contributed by atoms with Gasteiger partial charge in [0.05, 0.1) is 6.61 Å². The number of ketones is 1. The molecule has 0 N–H and O–H groups in total. The topological polar surface area (TPSA) is 43.4 Å². The number of carbonyl (C=O) groups excluding carboxylic acids is 2. The van der Waals surface area contributed by atoms with E-state index in [4.69, 9.17) is 0 Å². The van der Waals surface area contributed by atoms with Crippen molar-refractivity contribution in [2.45, 2.75) is 46.0 Å². The standard InChI is InChI=1S/C12H20O3/c1-3-5-6-7-8-9-11(13)10-12(14)15-4-2/h7-8H,3-6,9-10H2,1-2H3. The van der Waals surface area contributed by atoms with Gasteiger partial charge in [-0.15, -0.1) is 0 Å². The smallest absolute Gasteiger partial charge is 0.313 e. The minimum atomic E-state index is -0.426. The summed E-state index contributed by atoms with van der Waals surface area (Å²) in [4.78, 5) is 22.1. The van der Waals surface area contributed by atoms with E-state index in [9.17, 15) is 9.59 Å². The van der Waals surface area contributed by atoms with Gasteiger partial charge < -0.3 is 4.74 Å². The zero-order chi connectivity index (χ0) is 11.5. The second-order valence-corrected chi connectivity index (χ2v) is 3.34. The van der Waals surface area contributed by atoms with Crippen molar-refractivity contribution < 1.29 is 14.3 Å². The molecule has 0 amide bonds. The van der Waals surface area contributed by atoms with Crippen LogP contribution in [-0.4, -0.2) is 18.4 Å². The highest BCUT2D eigenvalue weighted by atomic mass is 16.5. The zero-order valence-corrected chi connectivity index (χ0v) is 9.62. The summed E-state index contributed by atoms with van der Waals surface area (Å²) in [6, 6.07) is 0. The van der Waals surface area contributed by atoms with Crippen LogP contribution in [0.2, 0.25) is 0 Å². The second kappa shape index (κ2) is 9.44. The first kappa shape index (κ1) is 13.9. The summed E-state index contributed by atoms with van der Waals surface area (Å²) >= 11 is 0. The largest absolute Gasteiger partial charge is 0.466 e. The molecule has 3 heteroatoms. The maximum atomic E-state index is 11.2. The van der Waals surface area contributed by atoms with Gasteiger partial charge in [-0.1, -0.05) is 31.9 Å². The van der Waals surface area contributed by atoms with E-state index in [1.165, 1.54) is 0 Å². The van der Waals surface area contributed by atoms with Gasteiger partial charge in [-0.3, -0.25) is 9.59 Å². The quantitative estimate of drug-likeness (QED) is 0.269. The Labute approximate surface area is 91.5 Å². The van der Waals surface area contributed by atoms with Gasteiger partial charge in [-0.25, -0.2) is 0 Å². The van der Waals surface area contributed by atoms with Crippen molar-refractivity contribution in [3.05, 3.63) is 12.2 Å². The number of carbonyl (C=O) groups is 2. The molecule has 0 fully saturated rings. The van der Waals surface area contributed by atoms with Crippen molar-refractivity contribution in [2.75, 3.05) is 6.61 Å². The summed E-state index contributed by atoms with van der Waals surface area (Å²) < 4.78 is 4.67. The van der Waals surface area contributed by atoms with E-state index in [2.05, 4.69) is 11.7 Å². The van der Waals surface area contributed by atoms with E-state index in [-0.39, 0.29) is 12.2 Å². The Balaban J connectivity index is 3.56. The molecule has 0 spiro atoms. The highest BCUT2D eigenvalue weighted by Gasteiger charge is 2.07. The summed E-state index contributed by atoms with van der Waals surface area (Å²) in [5.41, 5.74) is 0. The van der Waals surface area contributed by atoms with Crippen LogP contribution in [0.15, 0.2) is 12.2 Å². The van der Waals surface area contributed by atoms with Crippen LogP contribution in [-0.2, 0) is 14.3 Å². The number of hydrogen-bond donors (Lipinski definition) is 0. The van der Waals surface area contributed by atoms with E-state index in [0.717, 1.165) is 19.3 Å². The van der Waals surface area contributed by atoms with Gasteiger partial charge in [0.1, 0.15) is 12.2 Å². The fourth-order valence-electron chi connectivity index (χ4n) is 1.10. The molecule has 0 saturated heterocycles. The van der Waals surface area contributed by atoms with Crippen LogP contribution in [0.3, 0.4) is 0 Å². The minimum Gasteiger partial charge on any atom is -0.466 e. The van der Waals surface area contributed by atoms with E-state index in [1.807, 2.05) is 12.2 Å². The first-order valence-electron chi connectivity index (χ1n) is 5.53. The molecule has 0 aromatic heterocycles. The molecular weight excluding hydrogens is 192 g/mol. The van der Waals surface area contributed by atoms with E-state index >= 15 is 0 Å². The van der Waals surface area contributed by atoms with Crippen LogP contribution in [0.1, 0.15) is 46.0 Å². The summed E-state index contributed by atoms with van der Waals surface area (Å²) in [6.45, 7) is 4.19. The Hall–Kier alpha value is -1.12. The summed E-state index contributed by atoms with van der Waals surface area (Å²) in [5.74, 6) is -0.509. The van der Waals surface area contributed by atoms with E-state index in [0.29, 0.717) is 13.0 Å². The van der Waals surface area contributed by atoms with Crippen molar-refractivity contribution in [3.8, 4) is 0 Å². The Bertz CT molecular complexity index is 219. The normalized spacial score (nSPS) is 10.5. The fourth-order valence-corrected chi connectivity index (χ4v) is 1.10. The Morgan fingerprint density at radius 2 is 1.93 bits per heavy atom. The second-order valence-electron chi connectivity index (χ2n) is 3.34. The molecule has 0 aliphatic carbocycles. The molecule has 0 saturated carbocycles. The van der Waals surface area contributed by atoms with E-state index < -0.39 is 5.97 Å². The lowest BCUT2D eigenvalue weighted by molar-refractivity contribution is -0.145. The third-order valence-corrected chi connectivity index (χ3v) is 1.88. The molecule has 0 rings (SSSR count). The van der Waals surface area contributed by atoms with Crippen molar-refractivity contribution in [2.24, 2.45) is 0 Å². The monoisotopic (exact) mass is 212 g/mol. The molecule has 0 aromatic rings. The van der Waals surface area contributed by atoms with Crippen molar-refractivity contribution in [1.29, 1.82) is 0 Å². The fraction of sp³-hybridized carbons (Fsp3) is 0.667. The molecule has 15 heavy (non-hydrogen) atoms. The molecule has 0 aromatic carbocycles. The lowest BCUT2D eigenvalue weighted by Gasteiger charge is -1.98. The first-order chi connectivity index (χ1) is 7.20. The van der Waals surface area contributed by atoms with Crippen LogP contribution < -0.4 is 0 Å². The van der Waals surface area contributed by atoms with Crippen LogP contribution in [0.25, 0.3) is 0 Å². The molecule has 3 nitrogen and oxygen atoms in total. The zero-order valence-electron chi connectivity index (χ0n) is 9.62. The molecular formula is C12H20O3. The number of Topliss-reactive ketones (excluding diaryl/α,β-unsaturated/α-hetero) is 1. The number of hydrogen-bond acceptors (Lipinski definition) is 3. The molecule has 0 aliphatic rings. The van der Waals surface area contributed by atoms with Crippen LogP contribution in [0.4, 0.5) is 0 Å². The third-order valence-electron chi connectivity index (χ3n) is 1.88. The SMILES string of the molecule is CCCCC=CCC(=O)CC(=O)OCC. The summed E-state index contributed by atoms with van der Waals surface area (Å²) in [5, 5.41) is 0. The van der Waals surface area contributed by atoms with Crippen molar-refractivity contribution >= 4 is 11.8 Å². The van der Waals surface area contributed by atoms with Gasteiger partial charge in [-0.05, 0) is 13.3 Å². The van der Waals surface area contributed by atoms with Crippen molar-refractivity contribution in [3.63, 3.8) is 0 Å². The Morgan fingerprint density at radius 1 is 1.20 bits per heavy atom. The highest BCUT2D eigenvalue weighted by Crippen LogP contribution is 1.99. The number of esters is 1. The molecule has 0 unspecified atom stereocenters. The maximum absolute atomic E-state index is 11.2. The number of ether oxygens (including phenoxy) is 1. The molecule has 0 atom stereocenters. The number of unbranched alkanes of at least 4 members (excludes halogenated alkanes) is 2. The number of rotatable bonds is 8. The third kappa shape index (κ3) is 9.19. The van der Waals surface area contributed by atoms with Gasteiger partial charge in [0.2, 0.25) is 0 Å². The highest BCUT2D eigenvalue weighted by molar-refractivity contribution is 5.96. The van der Waals surface area contributed by atoms with Gasteiger partial charge in [-0.2, -0.15) is 0 Å². The lowest BCUT2D eigenvalue weighted by atomic mass is 10.2. The summed E-state index contributed by atoms with van der Waals surface area (Å²) in [6.07, 6.45) is 7.35. The predicted octanol–water partition coefficient (Wildman–Crippen LogP) is 2.65. The van der Waals surface area contributed by atoms with Gasteiger partial charge >= 0.3 is 5.97 Å². The van der Waals surface area contributed by atoms with Crippen LogP contribution in [0.5, 0.6) is 0 Å². The lowest BCUT2D eigenvalue weighted by Crippen LogP contribution is -2.10. The summed E-state index contributed by atoms with van der Waals surface area (Å²) in [7, 11) is 0. The average Bonchev–Trinajstić information content (AvgIpc) is 2.17. The predicted molar refractivity (Wildman–Crippen MR) is 59.5 cm³/mol. The molecule has 0 heterocycles. The van der Waals surface area contributed by atoms with Crippen LogP contribution >= 0.6 is 0 Å². The molecule has 86 valence electrons. The molecule has 0 radical (unpaired) electrons. The van der Waals surface area contributed by atoms with Gasteiger partial charge in [0, 0.05) is 6.42 Å². The van der Waals surface area contributed by atoms with Gasteiger partial charge in [0.25, 0.3) is 0 Å². The van der Waals surface area contributed by atoms with E-state index in [1.54, 1.807) is 6.92 Å². The van der Waals surface area contributed by atoms with Crippen LogP contribution in [0, 0.1) is 0 Å². The first-order valence-corrected chi connectivity index (χ1v) is 5.53. The number of allylic oxidation sites excluding steroid dienone is 2. The molecule has 0 bridgehead atoms. The van der Waals surface area contributed by atoms with Crippen molar-refractivity contribution in [1.82, 2.24) is 0 Å². The van der Waals surface area contributed by atoms with Gasteiger partial charge in [0.15, 0.2) is 0 Å². The Morgan fingerprint density at radius 3 is 2.53 bits per heavy atom. The Kier molecular flexibility index (Phi) is 8.73. The minimum absolute atomic E-state index is 0.0822. The molecule has 0 aliphatic heterocycles. The average molecular weight is 212 g/mol.